The van der Waals surface area contributed by atoms with Gasteiger partial charge in [0.2, 0.25) is 5.91 Å². The molecule has 0 saturated carbocycles. The van der Waals surface area contributed by atoms with Gasteiger partial charge in [0.15, 0.2) is 5.43 Å². The number of hydrogen-bond acceptors (Lipinski definition) is 6. The highest BCUT2D eigenvalue weighted by molar-refractivity contribution is 7.98. The van der Waals surface area contributed by atoms with Crippen LogP contribution in [-0.4, -0.2) is 38.9 Å². The minimum Gasteiger partial charge on any atom is -0.459 e. The lowest BCUT2D eigenvalue weighted by molar-refractivity contribution is -0.130. The van der Waals surface area contributed by atoms with Gasteiger partial charge in [0.1, 0.15) is 19.0 Å². The Kier molecular flexibility index (Phi) is 13.0. The Morgan fingerprint density at radius 1 is 0.932 bits per heavy atom. The average molecular weight is 617 g/mol. The highest BCUT2D eigenvalue weighted by atomic mass is 32.2. The second-order valence-electron chi connectivity index (χ2n) is 11.0. The van der Waals surface area contributed by atoms with Gasteiger partial charge in [-0.25, -0.2) is 14.4 Å². The van der Waals surface area contributed by atoms with Crippen LogP contribution in [-0.2, 0) is 30.1 Å². The molecule has 0 bridgehead atoms. The molecule has 0 saturated heterocycles. The summed E-state index contributed by atoms with van der Waals surface area (Å²) in [6.07, 6.45) is 12.4. The van der Waals surface area contributed by atoms with Gasteiger partial charge in [0.25, 0.3) is 0 Å². The molecule has 4 rings (SSSR count). The number of likely N-dealkylation sites (N-methyl/N-ethyl adjacent to an activating group) is 1. The number of hydrogen-bond donors (Lipinski definition) is 0. The summed E-state index contributed by atoms with van der Waals surface area (Å²) in [7, 11) is 1.84. The monoisotopic (exact) mass is 616 g/mol. The molecular formula is C35H41FN4O3S. The number of amides is 1. The summed E-state index contributed by atoms with van der Waals surface area (Å²) in [6, 6.07) is 17.9. The van der Waals surface area contributed by atoms with Crippen LogP contribution in [0.25, 0.3) is 0 Å². The number of thioether (sulfide) groups is 1. The number of unbranched alkanes of at least 4 members (excludes halogenated alkanes) is 5. The van der Waals surface area contributed by atoms with E-state index in [0.717, 1.165) is 29.5 Å². The predicted molar refractivity (Wildman–Crippen MR) is 173 cm³/mol. The third-order valence-corrected chi connectivity index (χ3v) is 8.46. The van der Waals surface area contributed by atoms with Gasteiger partial charge in [0, 0.05) is 56.0 Å². The van der Waals surface area contributed by atoms with Crippen molar-refractivity contribution in [1.82, 2.24) is 19.4 Å². The molecule has 7 nitrogen and oxygen atoms in total. The fourth-order valence-electron chi connectivity index (χ4n) is 4.69. The minimum atomic E-state index is -0.293. The summed E-state index contributed by atoms with van der Waals surface area (Å²) in [4.78, 5) is 36.9. The molecule has 0 fully saturated rings. The van der Waals surface area contributed by atoms with Crippen LogP contribution in [0.15, 0.2) is 89.1 Å². The van der Waals surface area contributed by atoms with Crippen molar-refractivity contribution in [2.45, 2.75) is 75.8 Å². The highest BCUT2D eigenvalue weighted by Gasteiger charge is 2.15. The average Bonchev–Trinajstić information content (AvgIpc) is 3.04. The number of nitrogens with zero attached hydrogens (tertiary/aromatic N) is 4. The minimum absolute atomic E-state index is 0.0139. The molecule has 1 amide bonds. The molecule has 0 atom stereocenters. The molecule has 2 aromatic carbocycles. The van der Waals surface area contributed by atoms with Crippen molar-refractivity contribution in [3.63, 3.8) is 0 Å². The number of rotatable bonds is 17. The van der Waals surface area contributed by atoms with Gasteiger partial charge in [-0.3, -0.25) is 9.59 Å². The molecular weight excluding hydrogens is 575 g/mol. The van der Waals surface area contributed by atoms with Crippen molar-refractivity contribution in [2.75, 3.05) is 13.6 Å². The van der Waals surface area contributed by atoms with E-state index in [9.17, 15) is 14.0 Å². The van der Waals surface area contributed by atoms with Crippen molar-refractivity contribution < 1.29 is 13.9 Å². The molecule has 0 aliphatic rings. The van der Waals surface area contributed by atoms with Gasteiger partial charge in [-0.15, -0.1) is 11.8 Å². The van der Waals surface area contributed by atoms with Crippen molar-refractivity contribution >= 4 is 17.7 Å². The van der Waals surface area contributed by atoms with Crippen LogP contribution in [0.4, 0.5) is 4.39 Å². The Morgan fingerprint density at radius 2 is 1.64 bits per heavy atom. The van der Waals surface area contributed by atoms with E-state index in [1.165, 1.54) is 49.6 Å². The van der Waals surface area contributed by atoms with Crippen LogP contribution in [0.1, 0.15) is 67.7 Å². The van der Waals surface area contributed by atoms with E-state index in [4.69, 9.17) is 4.74 Å². The molecule has 9 heteroatoms. The maximum Gasteiger partial charge on any atom is 0.316 e. The van der Waals surface area contributed by atoms with Crippen molar-refractivity contribution in [2.24, 2.45) is 0 Å². The molecule has 0 spiro atoms. The molecule has 44 heavy (non-hydrogen) atoms. The van der Waals surface area contributed by atoms with Gasteiger partial charge >= 0.3 is 6.01 Å². The number of halogens is 1. The van der Waals surface area contributed by atoms with E-state index >= 15 is 0 Å². The van der Waals surface area contributed by atoms with Crippen molar-refractivity contribution in [3.8, 4) is 6.01 Å². The lowest BCUT2D eigenvalue weighted by Crippen LogP contribution is -2.32. The normalized spacial score (nSPS) is 11.0. The van der Waals surface area contributed by atoms with E-state index in [1.807, 2.05) is 41.9 Å². The summed E-state index contributed by atoms with van der Waals surface area (Å²) < 4.78 is 20.9. The summed E-state index contributed by atoms with van der Waals surface area (Å²) in [5, 5.41) is 0.685. The first-order valence-corrected chi connectivity index (χ1v) is 16.2. The van der Waals surface area contributed by atoms with E-state index in [1.54, 1.807) is 41.7 Å². The number of carbonyl (C=O) groups is 1. The lowest BCUT2D eigenvalue weighted by Gasteiger charge is -2.20. The van der Waals surface area contributed by atoms with E-state index in [-0.39, 0.29) is 29.7 Å². The molecule has 0 radical (unpaired) electrons. The van der Waals surface area contributed by atoms with Gasteiger partial charge in [-0.05, 0) is 35.2 Å². The number of benzene rings is 2. The van der Waals surface area contributed by atoms with Crippen LogP contribution < -0.4 is 10.2 Å². The summed E-state index contributed by atoms with van der Waals surface area (Å²) >= 11 is 1.45. The lowest BCUT2D eigenvalue weighted by atomic mass is 10.1. The maximum absolute atomic E-state index is 13.4. The first-order chi connectivity index (χ1) is 21.4. The standard InChI is InChI=1S/C35H41FN4O3S/c1-3-4-5-6-7-11-18-39(2)33(42)24-40-23-30(32(41)20-34(40)44-26-28-14-16-31(36)17-15-28)19-29-21-37-35(38-22-29)43-25-27-12-9-8-10-13-27/h8-10,12-17,20-23H,3-7,11,18-19,24-26H2,1-2H3. The Labute approximate surface area is 263 Å². The third kappa shape index (κ3) is 10.6. The SMILES string of the molecule is CCCCCCCCN(C)C(=O)Cn1cc(Cc2cnc(OCc3ccccc3)nc2)c(=O)cc1SCc1ccc(F)cc1. The smallest absolute Gasteiger partial charge is 0.316 e. The zero-order valence-corrected chi connectivity index (χ0v) is 26.4. The summed E-state index contributed by atoms with van der Waals surface area (Å²) in [5.41, 5.74) is 3.13. The molecule has 2 aromatic heterocycles. The topological polar surface area (TPSA) is 77.3 Å². The molecule has 232 valence electrons. The number of carbonyl (C=O) groups excluding carboxylic acids is 1. The Bertz CT molecular complexity index is 1510. The largest absolute Gasteiger partial charge is 0.459 e. The zero-order valence-electron chi connectivity index (χ0n) is 25.6. The van der Waals surface area contributed by atoms with E-state index in [2.05, 4.69) is 16.9 Å². The molecule has 0 unspecified atom stereocenters. The van der Waals surface area contributed by atoms with Crippen LogP contribution in [0, 0.1) is 5.82 Å². The molecule has 0 N–H and O–H groups in total. The predicted octanol–water partition coefficient (Wildman–Crippen LogP) is 7.06. The van der Waals surface area contributed by atoms with Crippen LogP contribution in [0.2, 0.25) is 0 Å². The second kappa shape index (κ2) is 17.3. The van der Waals surface area contributed by atoms with Crippen LogP contribution in [0.3, 0.4) is 0 Å². The van der Waals surface area contributed by atoms with Crippen LogP contribution >= 0.6 is 11.8 Å². The van der Waals surface area contributed by atoms with Gasteiger partial charge < -0.3 is 14.2 Å². The molecule has 4 aromatic rings. The van der Waals surface area contributed by atoms with Gasteiger partial charge in [0.05, 0.1) is 5.03 Å². The second-order valence-corrected chi connectivity index (χ2v) is 11.9. The Morgan fingerprint density at radius 3 is 2.36 bits per heavy atom. The third-order valence-electron chi connectivity index (χ3n) is 7.33. The van der Waals surface area contributed by atoms with Gasteiger partial charge in [-0.2, -0.15) is 0 Å². The number of aromatic nitrogens is 3. The zero-order chi connectivity index (χ0) is 31.1. The highest BCUT2D eigenvalue weighted by Crippen LogP contribution is 2.23. The summed E-state index contributed by atoms with van der Waals surface area (Å²) in [5.74, 6) is 0.234. The fraction of sp³-hybridized carbons (Fsp3) is 0.371. The fourth-order valence-corrected chi connectivity index (χ4v) is 5.67. The Hall–Kier alpha value is -3.98. The Balaban J connectivity index is 1.44. The van der Waals surface area contributed by atoms with E-state index < -0.39 is 0 Å². The number of pyridine rings is 1. The van der Waals surface area contributed by atoms with Crippen LogP contribution in [0.5, 0.6) is 6.01 Å². The maximum atomic E-state index is 13.4. The first-order valence-electron chi connectivity index (χ1n) is 15.2. The van der Waals surface area contributed by atoms with E-state index in [0.29, 0.717) is 35.9 Å². The van der Waals surface area contributed by atoms with Crippen molar-refractivity contribution in [1.29, 1.82) is 0 Å². The summed E-state index contributed by atoms with van der Waals surface area (Å²) in [6.45, 7) is 3.39. The molecule has 0 aliphatic heterocycles. The quantitative estimate of drug-likeness (QED) is 0.0934. The van der Waals surface area contributed by atoms with Gasteiger partial charge in [-0.1, -0.05) is 81.5 Å². The number of ether oxygens (including phenoxy) is 1. The molecule has 2 heterocycles. The molecule has 0 aliphatic carbocycles. The first kappa shape index (κ1) is 32.9. The van der Waals surface area contributed by atoms with Crippen molar-refractivity contribution in [3.05, 3.63) is 118 Å².